The van der Waals surface area contributed by atoms with Gasteiger partial charge >= 0.3 is 0 Å². The number of carbonyl (C=O) groups is 1. The van der Waals surface area contributed by atoms with Crippen LogP contribution in [0.4, 0.5) is 5.95 Å². The fourth-order valence-corrected chi connectivity index (χ4v) is 3.73. The minimum atomic E-state index is -0.185. The van der Waals surface area contributed by atoms with E-state index < -0.39 is 0 Å². The van der Waals surface area contributed by atoms with E-state index in [4.69, 9.17) is 9.47 Å². The van der Waals surface area contributed by atoms with Crippen molar-refractivity contribution in [1.29, 1.82) is 0 Å². The third-order valence-electron chi connectivity index (χ3n) is 5.04. The van der Waals surface area contributed by atoms with Gasteiger partial charge in [0, 0.05) is 7.11 Å². The standard InChI is InChI=1S/C21H22N4O3/c1-27-13-20(26)24-18(16-8-10-17(28-2)11-9-16)12-19(15-6-4-3-5-7-15)25-21(24)22-14-23-25/h3-11,14,18-19H,12-13H2,1-2H3/t18-,19+/m0/s1. The van der Waals surface area contributed by atoms with Crippen molar-refractivity contribution >= 4 is 11.9 Å². The maximum Gasteiger partial charge on any atom is 0.255 e. The van der Waals surface area contributed by atoms with Crippen molar-refractivity contribution in [2.24, 2.45) is 0 Å². The first-order chi connectivity index (χ1) is 13.7. The summed E-state index contributed by atoms with van der Waals surface area (Å²) < 4.78 is 12.2. The van der Waals surface area contributed by atoms with Gasteiger partial charge in [-0.15, -0.1) is 0 Å². The van der Waals surface area contributed by atoms with Gasteiger partial charge in [-0.3, -0.25) is 9.69 Å². The molecule has 0 saturated carbocycles. The topological polar surface area (TPSA) is 69.5 Å². The Morgan fingerprint density at radius 2 is 1.75 bits per heavy atom. The number of benzene rings is 2. The number of fused-ring (bicyclic) bond motifs is 1. The number of carbonyl (C=O) groups excluding carboxylic acids is 1. The minimum absolute atomic E-state index is 0.0163. The number of ether oxygens (including phenoxy) is 2. The summed E-state index contributed by atoms with van der Waals surface area (Å²) in [5.41, 5.74) is 2.15. The van der Waals surface area contributed by atoms with Gasteiger partial charge in [0.2, 0.25) is 5.95 Å². The molecule has 28 heavy (non-hydrogen) atoms. The Morgan fingerprint density at radius 1 is 1.04 bits per heavy atom. The second-order valence-electron chi connectivity index (χ2n) is 6.65. The number of aromatic nitrogens is 3. The van der Waals surface area contributed by atoms with E-state index in [1.165, 1.54) is 13.4 Å². The molecule has 2 heterocycles. The normalized spacial score (nSPS) is 18.6. The summed E-state index contributed by atoms with van der Waals surface area (Å²) in [5, 5.41) is 4.41. The molecule has 0 N–H and O–H groups in total. The Morgan fingerprint density at radius 3 is 2.43 bits per heavy atom. The molecular weight excluding hydrogens is 356 g/mol. The van der Waals surface area contributed by atoms with Gasteiger partial charge in [0.15, 0.2) is 0 Å². The van der Waals surface area contributed by atoms with E-state index in [0.717, 1.165) is 16.9 Å². The van der Waals surface area contributed by atoms with E-state index >= 15 is 0 Å². The quantitative estimate of drug-likeness (QED) is 0.683. The zero-order valence-electron chi connectivity index (χ0n) is 15.9. The van der Waals surface area contributed by atoms with Crippen molar-refractivity contribution in [2.75, 3.05) is 25.7 Å². The lowest BCUT2D eigenvalue weighted by Gasteiger charge is -2.39. The maximum atomic E-state index is 12.9. The lowest BCUT2D eigenvalue weighted by atomic mass is 9.92. The Balaban J connectivity index is 1.80. The third-order valence-corrected chi connectivity index (χ3v) is 5.04. The molecule has 0 unspecified atom stereocenters. The van der Waals surface area contributed by atoms with Crippen LogP contribution in [0.15, 0.2) is 60.9 Å². The number of methoxy groups -OCH3 is 2. The molecule has 1 aliphatic heterocycles. The highest BCUT2D eigenvalue weighted by Gasteiger charge is 2.39. The van der Waals surface area contributed by atoms with Gasteiger partial charge in [-0.25, -0.2) is 4.68 Å². The van der Waals surface area contributed by atoms with E-state index in [1.54, 1.807) is 12.0 Å². The van der Waals surface area contributed by atoms with Crippen molar-refractivity contribution in [3.8, 4) is 5.75 Å². The van der Waals surface area contributed by atoms with Crippen LogP contribution in [0.3, 0.4) is 0 Å². The Labute approximate surface area is 163 Å². The minimum Gasteiger partial charge on any atom is -0.497 e. The largest absolute Gasteiger partial charge is 0.497 e. The van der Waals surface area contributed by atoms with E-state index in [2.05, 4.69) is 22.2 Å². The number of amides is 1. The monoisotopic (exact) mass is 378 g/mol. The van der Waals surface area contributed by atoms with Crippen molar-refractivity contribution in [3.63, 3.8) is 0 Å². The van der Waals surface area contributed by atoms with Crippen LogP contribution in [0.5, 0.6) is 5.75 Å². The molecule has 4 rings (SSSR count). The average molecular weight is 378 g/mol. The fourth-order valence-electron chi connectivity index (χ4n) is 3.73. The van der Waals surface area contributed by atoms with Crippen LogP contribution in [-0.2, 0) is 9.53 Å². The number of hydrogen-bond acceptors (Lipinski definition) is 5. The number of nitrogens with zero attached hydrogens (tertiary/aromatic N) is 4. The maximum absolute atomic E-state index is 12.9. The van der Waals surface area contributed by atoms with E-state index in [0.29, 0.717) is 12.4 Å². The average Bonchev–Trinajstić information content (AvgIpc) is 3.23. The van der Waals surface area contributed by atoms with Crippen LogP contribution in [0.2, 0.25) is 0 Å². The molecule has 144 valence electrons. The van der Waals surface area contributed by atoms with E-state index in [9.17, 15) is 4.79 Å². The molecule has 0 spiro atoms. The SMILES string of the molecule is COCC(=O)N1c2ncnn2[C@@H](c2ccccc2)C[C@H]1c1ccc(OC)cc1. The lowest BCUT2D eigenvalue weighted by Crippen LogP contribution is -2.44. The fraction of sp³-hybridized carbons (Fsp3) is 0.286. The van der Waals surface area contributed by atoms with Crippen LogP contribution in [0, 0.1) is 0 Å². The van der Waals surface area contributed by atoms with E-state index in [-0.39, 0.29) is 24.6 Å². The molecule has 2 aromatic carbocycles. The highest BCUT2D eigenvalue weighted by atomic mass is 16.5. The summed E-state index contributed by atoms with van der Waals surface area (Å²) in [6.07, 6.45) is 2.18. The second-order valence-corrected chi connectivity index (χ2v) is 6.65. The highest BCUT2D eigenvalue weighted by Crippen LogP contribution is 2.41. The van der Waals surface area contributed by atoms with Gasteiger partial charge in [-0.1, -0.05) is 42.5 Å². The summed E-state index contributed by atoms with van der Waals surface area (Å²) >= 11 is 0. The first-order valence-corrected chi connectivity index (χ1v) is 9.12. The Kier molecular flexibility index (Phi) is 5.08. The van der Waals surface area contributed by atoms with Crippen molar-refractivity contribution in [3.05, 3.63) is 72.1 Å². The van der Waals surface area contributed by atoms with Gasteiger partial charge in [-0.05, 0) is 29.7 Å². The molecular formula is C21H22N4O3. The van der Waals surface area contributed by atoms with Gasteiger partial charge in [0.05, 0.1) is 19.2 Å². The summed E-state index contributed by atoms with van der Waals surface area (Å²) in [4.78, 5) is 19.0. The van der Waals surface area contributed by atoms with Crippen LogP contribution >= 0.6 is 0 Å². The Hall–Kier alpha value is -3.19. The lowest BCUT2D eigenvalue weighted by molar-refractivity contribution is -0.123. The predicted octanol–water partition coefficient (Wildman–Crippen LogP) is 3.00. The predicted molar refractivity (Wildman–Crippen MR) is 104 cm³/mol. The summed E-state index contributed by atoms with van der Waals surface area (Å²) in [6.45, 7) is -0.0183. The van der Waals surface area contributed by atoms with E-state index in [1.807, 2.05) is 47.1 Å². The smallest absolute Gasteiger partial charge is 0.255 e. The van der Waals surface area contributed by atoms with Crippen LogP contribution in [0.1, 0.15) is 29.6 Å². The molecule has 0 aliphatic carbocycles. The molecule has 7 nitrogen and oxygen atoms in total. The molecule has 2 atom stereocenters. The van der Waals surface area contributed by atoms with Gasteiger partial charge < -0.3 is 9.47 Å². The van der Waals surface area contributed by atoms with Crippen LogP contribution in [-0.4, -0.2) is 41.5 Å². The molecule has 1 amide bonds. The van der Waals surface area contributed by atoms with Crippen molar-refractivity contribution in [2.45, 2.75) is 18.5 Å². The molecule has 3 aromatic rings. The van der Waals surface area contributed by atoms with Crippen LogP contribution in [0.25, 0.3) is 0 Å². The zero-order valence-corrected chi connectivity index (χ0v) is 15.9. The molecule has 0 radical (unpaired) electrons. The molecule has 0 saturated heterocycles. The van der Waals surface area contributed by atoms with Crippen molar-refractivity contribution in [1.82, 2.24) is 14.8 Å². The third kappa shape index (κ3) is 3.25. The second kappa shape index (κ2) is 7.82. The molecule has 1 aromatic heterocycles. The zero-order chi connectivity index (χ0) is 19.5. The number of hydrogen-bond donors (Lipinski definition) is 0. The summed E-state index contributed by atoms with van der Waals surface area (Å²) in [5.74, 6) is 1.16. The summed E-state index contributed by atoms with van der Waals surface area (Å²) in [7, 11) is 3.15. The summed E-state index contributed by atoms with van der Waals surface area (Å²) in [6, 6.07) is 17.8. The molecule has 1 aliphatic rings. The van der Waals surface area contributed by atoms with Crippen LogP contribution < -0.4 is 9.64 Å². The van der Waals surface area contributed by atoms with Gasteiger partial charge in [0.25, 0.3) is 5.91 Å². The number of rotatable bonds is 5. The molecule has 0 fully saturated rings. The highest BCUT2D eigenvalue weighted by molar-refractivity contribution is 5.93. The van der Waals surface area contributed by atoms with Gasteiger partial charge in [-0.2, -0.15) is 10.1 Å². The molecule has 7 heteroatoms. The van der Waals surface area contributed by atoms with Crippen molar-refractivity contribution < 1.29 is 14.3 Å². The Bertz CT molecular complexity index is 940. The first kappa shape index (κ1) is 18.2. The molecule has 0 bridgehead atoms. The van der Waals surface area contributed by atoms with Gasteiger partial charge in [0.1, 0.15) is 18.7 Å². The number of anilines is 1. The first-order valence-electron chi connectivity index (χ1n) is 9.12.